The Balaban J connectivity index is 2.41. The van der Waals surface area contributed by atoms with E-state index in [0.29, 0.717) is 5.92 Å². The molecule has 0 aromatic heterocycles. The van der Waals surface area contributed by atoms with Gasteiger partial charge in [-0.3, -0.25) is 0 Å². The molecule has 0 spiro atoms. The fourth-order valence-corrected chi connectivity index (χ4v) is 1.79. The van der Waals surface area contributed by atoms with Crippen LogP contribution in [-0.4, -0.2) is 7.11 Å². The molecule has 2 aliphatic rings. The van der Waals surface area contributed by atoms with Crippen molar-refractivity contribution < 1.29 is 9.47 Å². The van der Waals surface area contributed by atoms with Crippen LogP contribution in [0.3, 0.4) is 0 Å². The molecule has 0 saturated carbocycles. The standard InChI is InChI=1S/C12H14O2/c1-3-9-6-7-11(13-2)12-10(9)5-4-8-14-12/h4-9H,3H2,1-2H3. The van der Waals surface area contributed by atoms with Gasteiger partial charge >= 0.3 is 0 Å². The maximum Gasteiger partial charge on any atom is 0.172 e. The molecule has 1 heterocycles. The maximum atomic E-state index is 5.47. The van der Waals surface area contributed by atoms with Gasteiger partial charge in [0.05, 0.1) is 13.4 Å². The van der Waals surface area contributed by atoms with Gasteiger partial charge < -0.3 is 9.47 Å². The summed E-state index contributed by atoms with van der Waals surface area (Å²) in [5.74, 6) is 2.13. The minimum Gasteiger partial charge on any atom is -0.493 e. The minimum atomic E-state index is 0.453. The molecule has 0 amide bonds. The number of ether oxygens (including phenoxy) is 2. The number of rotatable bonds is 2. The van der Waals surface area contributed by atoms with E-state index in [4.69, 9.17) is 9.47 Å². The van der Waals surface area contributed by atoms with E-state index in [2.05, 4.69) is 19.1 Å². The van der Waals surface area contributed by atoms with E-state index in [1.165, 1.54) is 5.57 Å². The molecule has 0 aromatic carbocycles. The van der Waals surface area contributed by atoms with Crippen LogP contribution in [0, 0.1) is 5.92 Å². The van der Waals surface area contributed by atoms with Gasteiger partial charge in [-0.1, -0.05) is 19.1 Å². The Kier molecular flexibility index (Phi) is 2.44. The van der Waals surface area contributed by atoms with E-state index in [-0.39, 0.29) is 0 Å². The average Bonchev–Trinajstić information content (AvgIpc) is 2.27. The molecule has 0 fully saturated rings. The third-order valence-electron chi connectivity index (χ3n) is 2.57. The van der Waals surface area contributed by atoms with E-state index >= 15 is 0 Å². The van der Waals surface area contributed by atoms with Gasteiger partial charge in [-0.05, 0) is 18.6 Å². The summed E-state index contributed by atoms with van der Waals surface area (Å²) < 4.78 is 10.7. The Morgan fingerprint density at radius 1 is 1.50 bits per heavy atom. The molecule has 0 aromatic rings. The summed E-state index contributed by atoms with van der Waals surface area (Å²) in [7, 11) is 1.66. The first-order valence-corrected chi connectivity index (χ1v) is 4.87. The zero-order valence-electron chi connectivity index (χ0n) is 8.49. The van der Waals surface area contributed by atoms with Crippen molar-refractivity contribution in [3.63, 3.8) is 0 Å². The van der Waals surface area contributed by atoms with E-state index < -0.39 is 0 Å². The van der Waals surface area contributed by atoms with E-state index in [9.17, 15) is 0 Å². The van der Waals surface area contributed by atoms with Crippen molar-refractivity contribution in [3.8, 4) is 0 Å². The molecular formula is C12H14O2. The summed E-state index contributed by atoms with van der Waals surface area (Å²) in [5, 5.41) is 0. The van der Waals surface area contributed by atoms with E-state index in [1.54, 1.807) is 13.4 Å². The lowest BCUT2D eigenvalue weighted by Crippen LogP contribution is -2.12. The molecule has 1 atom stereocenters. The summed E-state index contributed by atoms with van der Waals surface area (Å²) in [6, 6.07) is 0. The summed E-state index contributed by atoms with van der Waals surface area (Å²) >= 11 is 0. The van der Waals surface area contributed by atoms with Crippen LogP contribution in [0.5, 0.6) is 0 Å². The first-order chi connectivity index (χ1) is 6.86. The number of allylic oxidation sites excluding steroid dienone is 5. The quantitative estimate of drug-likeness (QED) is 0.666. The smallest absolute Gasteiger partial charge is 0.172 e. The van der Waals surface area contributed by atoms with Gasteiger partial charge in [0.2, 0.25) is 0 Å². The normalized spacial score (nSPS) is 24.1. The van der Waals surface area contributed by atoms with Crippen LogP contribution in [0.15, 0.2) is 47.7 Å². The molecule has 2 nitrogen and oxygen atoms in total. The summed E-state index contributed by atoms with van der Waals surface area (Å²) in [5.41, 5.74) is 1.22. The Morgan fingerprint density at radius 2 is 2.36 bits per heavy atom. The third-order valence-corrected chi connectivity index (χ3v) is 2.57. The molecule has 2 heteroatoms. The largest absolute Gasteiger partial charge is 0.493 e. The zero-order valence-corrected chi connectivity index (χ0v) is 8.49. The number of fused-ring (bicyclic) bond motifs is 1. The second kappa shape index (κ2) is 3.74. The topological polar surface area (TPSA) is 18.5 Å². The minimum absolute atomic E-state index is 0.453. The van der Waals surface area contributed by atoms with Crippen LogP contribution in [-0.2, 0) is 9.47 Å². The molecule has 0 saturated heterocycles. The van der Waals surface area contributed by atoms with Gasteiger partial charge in [-0.2, -0.15) is 0 Å². The van der Waals surface area contributed by atoms with Crippen LogP contribution in [0.4, 0.5) is 0 Å². The lowest BCUT2D eigenvalue weighted by molar-refractivity contribution is 0.252. The number of hydrogen-bond acceptors (Lipinski definition) is 2. The monoisotopic (exact) mass is 190 g/mol. The van der Waals surface area contributed by atoms with Gasteiger partial charge in [0.25, 0.3) is 0 Å². The highest BCUT2D eigenvalue weighted by atomic mass is 16.5. The molecule has 1 unspecified atom stereocenters. The van der Waals surface area contributed by atoms with Crippen LogP contribution in [0.1, 0.15) is 13.3 Å². The first-order valence-electron chi connectivity index (χ1n) is 4.87. The number of methoxy groups -OCH3 is 1. The molecule has 14 heavy (non-hydrogen) atoms. The van der Waals surface area contributed by atoms with Crippen molar-refractivity contribution in [1.29, 1.82) is 0 Å². The van der Waals surface area contributed by atoms with E-state index in [1.807, 2.05) is 12.2 Å². The van der Waals surface area contributed by atoms with Crippen molar-refractivity contribution in [2.75, 3.05) is 7.11 Å². The van der Waals surface area contributed by atoms with Gasteiger partial charge in [0.15, 0.2) is 11.5 Å². The fourth-order valence-electron chi connectivity index (χ4n) is 1.79. The average molecular weight is 190 g/mol. The van der Waals surface area contributed by atoms with Gasteiger partial charge in [0, 0.05) is 11.5 Å². The molecule has 74 valence electrons. The van der Waals surface area contributed by atoms with Crippen molar-refractivity contribution in [1.82, 2.24) is 0 Å². The lowest BCUT2D eigenvalue weighted by Gasteiger charge is -2.24. The third kappa shape index (κ3) is 1.37. The highest BCUT2D eigenvalue weighted by Gasteiger charge is 2.23. The van der Waals surface area contributed by atoms with E-state index in [0.717, 1.165) is 17.9 Å². The summed E-state index contributed by atoms with van der Waals surface area (Å²) in [6.07, 6.45) is 10.9. The highest BCUT2D eigenvalue weighted by molar-refractivity contribution is 5.44. The first kappa shape index (κ1) is 9.13. The molecule has 1 aliphatic carbocycles. The second-order valence-corrected chi connectivity index (χ2v) is 3.34. The van der Waals surface area contributed by atoms with Crippen molar-refractivity contribution in [3.05, 3.63) is 47.7 Å². The van der Waals surface area contributed by atoms with Crippen molar-refractivity contribution in [2.24, 2.45) is 5.92 Å². The van der Waals surface area contributed by atoms with Gasteiger partial charge in [0.1, 0.15) is 0 Å². The molecule has 2 rings (SSSR count). The molecular weight excluding hydrogens is 176 g/mol. The van der Waals surface area contributed by atoms with Crippen molar-refractivity contribution >= 4 is 0 Å². The lowest BCUT2D eigenvalue weighted by atomic mass is 9.89. The van der Waals surface area contributed by atoms with Crippen LogP contribution < -0.4 is 0 Å². The second-order valence-electron chi connectivity index (χ2n) is 3.34. The fraction of sp³-hybridized carbons (Fsp3) is 0.333. The molecule has 0 bridgehead atoms. The SMILES string of the molecule is CCC1C=CC(OC)=C2OC=CC=C21. The Bertz CT molecular complexity index is 345. The van der Waals surface area contributed by atoms with Crippen molar-refractivity contribution in [2.45, 2.75) is 13.3 Å². The summed E-state index contributed by atoms with van der Waals surface area (Å²) in [4.78, 5) is 0. The van der Waals surface area contributed by atoms with Crippen LogP contribution in [0.25, 0.3) is 0 Å². The predicted octanol–water partition coefficient (Wildman–Crippen LogP) is 2.91. The molecule has 0 N–H and O–H groups in total. The molecule has 0 radical (unpaired) electrons. The molecule has 1 aliphatic heterocycles. The van der Waals surface area contributed by atoms with Gasteiger partial charge in [-0.25, -0.2) is 0 Å². The Morgan fingerprint density at radius 3 is 3.07 bits per heavy atom. The predicted molar refractivity (Wildman–Crippen MR) is 55.3 cm³/mol. The maximum absolute atomic E-state index is 5.47. The Hall–Kier alpha value is -1.44. The Labute approximate surface area is 84.2 Å². The summed E-state index contributed by atoms with van der Waals surface area (Å²) in [6.45, 7) is 2.17. The highest BCUT2D eigenvalue weighted by Crippen LogP contribution is 2.34. The van der Waals surface area contributed by atoms with Crippen LogP contribution in [0.2, 0.25) is 0 Å². The zero-order chi connectivity index (χ0) is 9.97. The number of hydrogen-bond donors (Lipinski definition) is 0. The van der Waals surface area contributed by atoms with Crippen LogP contribution >= 0.6 is 0 Å². The van der Waals surface area contributed by atoms with Gasteiger partial charge in [-0.15, -0.1) is 0 Å².